The Bertz CT molecular complexity index is 480. The van der Waals surface area contributed by atoms with Crippen molar-refractivity contribution in [3.05, 3.63) is 64.9 Å². The number of aliphatic hydroxyl groups excluding tert-OH is 1. The average Bonchev–Trinajstić information content (AvgIpc) is 2.40. The number of halogens is 3. The Labute approximate surface area is 136 Å². The molecular formula is C14H17Cl3N2O. The van der Waals surface area contributed by atoms with Crippen LogP contribution in [0.4, 0.5) is 0 Å². The predicted molar refractivity (Wildman–Crippen MR) is 86.9 cm³/mol. The van der Waals surface area contributed by atoms with Crippen LogP contribution >= 0.6 is 36.4 Å². The molecule has 2 aromatic rings. The van der Waals surface area contributed by atoms with E-state index in [1.165, 1.54) is 5.56 Å². The van der Waals surface area contributed by atoms with E-state index in [2.05, 4.69) is 10.3 Å². The van der Waals surface area contributed by atoms with E-state index >= 15 is 0 Å². The van der Waals surface area contributed by atoms with Crippen molar-refractivity contribution in [1.82, 2.24) is 10.3 Å². The van der Waals surface area contributed by atoms with Gasteiger partial charge in [0.05, 0.1) is 6.10 Å². The Balaban J connectivity index is 0.00000180. The van der Waals surface area contributed by atoms with Crippen molar-refractivity contribution in [2.45, 2.75) is 12.6 Å². The minimum atomic E-state index is -0.571. The Morgan fingerprint density at radius 2 is 1.80 bits per heavy atom. The van der Waals surface area contributed by atoms with Crippen molar-refractivity contribution in [2.75, 3.05) is 6.54 Å². The first-order valence-corrected chi connectivity index (χ1v) is 6.17. The van der Waals surface area contributed by atoms with Gasteiger partial charge >= 0.3 is 0 Å². The summed E-state index contributed by atoms with van der Waals surface area (Å²) >= 11 is 5.69. The summed E-state index contributed by atoms with van der Waals surface area (Å²) in [6.45, 7) is 1.22. The van der Waals surface area contributed by atoms with Crippen LogP contribution in [-0.2, 0) is 6.54 Å². The van der Waals surface area contributed by atoms with Crippen LogP contribution in [-0.4, -0.2) is 16.6 Å². The van der Waals surface area contributed by atoms with E-state index in [-0.39, 0.29) is 24.8 Å². The van der Waals surface area contributed by atoms with Gasteiger partial charge in [0.25, 0.3) is 0 Å². The van der Waals surface area contributed by atoms with Gasteiger partial charge < -0.3 is 10.4 Å². The first kappa shape index (κ1) is 19.2. The zero-order chi connectivity index (χ0) is 12.8. The van der Waals surface area contributed by atoms with Gasteiger partial charge in [0.2, 0.25) is 0 Å². The van der Waals surface area contributed by atoms with Crippen LogP contribution in [0.3, 0.4) is 0 Å². The largest absolute Gasteiger partial charge is 0.387 e. The molecule has 0 radical (unpaired) electrons. The van der Waals surface area contributed by atoms with E-state index < -0.39 is 6.10 Å². The molecule has 1 atom stereocenters. The number of aromatic nitrogens is 1. The SMILES string of the molecule is Cl.Cl.OC(CNCc1ccccc1)c1ccc(Cl)nc1. The maximum absolute atomic E-state index is 9.94. The lowest BCUT2D eigenvalue weighted by molar-refractivity contribution is 0.174. The summed E-state index contributed by atoms with van der Waals surface area (Å²) in [5.74, 6) is 0. The summed E-state index contributed by atoms with van der Waals surface area (Å²) in [5, 5.41) is 13.6. The minimum absolute atomic E-state index is 0. The van der Waals surface area contributed by atoms with E-state index in [1.54, 1.807) is 18.3 Å². The van der Waals surface area contributed by atoms with Crippen LogP contribution < -0.4 is 5.32 Å². The summed E-state index contributed by atoms with van der Waals surface area (Å²) in [7, 11) is 0. The molecule has 6 heteroatoms. The molecule has 1 aromatic heterocycles. The fourth-order valence-electron chi connectivity index (χ4n) is 1.65. The standard InChI is InChI=1S/C14H15ClN2O.2ClH/c15-14-7-6-12(9-17-14)13(18)10-16-8-11-4-2-1-3-5-11;;/h1-7,9,13,16,18H,8,10H2;2*1H. The van der Waals surface area contributed by atoms with Gasteiger partial charge in [-0.05, 0) is 11.6 Å². The highest BCUT2D eigenvalue weighted by Gasteiger charge is 2.07. The molecule has 2 N–H and O–H groups in total. The highest BCUT2D eigenvalue weighted by atomic mass is 35.5. The van der Waals surface area contributed by atoms with Gasteiger partial charge in [-0.1, -0.05) is 48.0 Å². The number of nitrogens with zero attached hydrogens (tertiary/aromatic N) is 1. The second kappa shape index (κ2) is 9.97. The second-order valence-corrected chi connectivity index (χ2v) is 4.43. The van der Waals surface area contributed by atoms with Gasteiger partial charge in [-0.25, -0.2) is 4.98 Å². The molecule has 1 aromatic carbocycles. The number of nitrogens with one attached hydrogen (secondary N) is 1. The third-order valence-corrected chi connectivity index (χ3v) is 2.87. The lowest BCUT2D eigenvalue weighted by atomic mass is 10.1. The van der Waals surface area contributed by atoms with Gasteiger partial charge in [0, 0.05) is 24.8 Å². The Hall–Kier alpha value is -0.840. The summed E-state index contributed by atoms with van der Waals surface area (Å²) in [4.78, 5) is 3.94. The Kier molecular flexibility index (Phi) is 9.55. The molecule has 0 aliphatic heterocycles. The first-order valence-electron chi connectivity index (χ1n) is 5.80. The fraction of sp³-hybridized carbons (Fsp3) is 0.214. The molecule has 1 unspecified atom stereocenters. The zero-order valence-electron chi connectivity index (χ0n) is 10.7. The van der Waals surface area contributed by atoms with E-state index in [9.17, 15) is 5.11 Å². The molecule has 2 rings (SSSR count). The lowest BCUT2D eigenvalue weighted by Crippen LogP contribution is -2.21. The van der Waals surface area contributed by atoms with Crippen LogP contribution in [0, 0.1) is 0 Å². The van der Waals surface area contributed by atoms with E-state index in [1.807, 2.05) is 30.3 Å². The van der Waals surface area contributed by atoms with Gasteiger partial charge in [0.15, 0.2) is 0 Å². The van der Waals surface area contributed by atoms with E-state index in [0.717, 1.165) is 12.1 Å². The number of hydrogen-bond donors (Lipinski definition) is 2. The zero-order valence-corrected chi connectivity index (χ0v) is 13.1. The van der Waals surface area contributed by atoms with Gasteiger partial charge in [0.1, 0.15) is 5.15 Å². The number of rotatable bonds is 5. The smallest absolute Gasteiger partial charge is 0.129 e. The number of hydrogen-bond acceptors (Lipinski definition) is 3. The van der Waals surface area contributed by atoms with Crippen molar-refractivity contribution in [2.24, 2.45) is 0 Å². The Morgan fingerprint density at radius 1 is 1.10 bits per heavy atom. The van der Waals surface area contributed by atoms with Gasteiger partial charge in [-0.2, -0.15) is 0 Å². The third kappa shape index (κ3) is 6.07. The van der Waals surface area contributed by atoms with E-state index in [4.69, 9.17) is 11.6 Å². The van der Waals surface area contributed by atoms with Crippen LogP contribution in [0.15, 0.2) is 48.7 Å². The lowest BCUT2D eigenvalue weighted by Gasteiger charge is -2.11. The van der Waals surface area contributed by atoms with Crippen molar-refractivity contribution in [1.29, 1.82) is 0 Å². The summed E-state index contributed by atoms with van der Waals surface area (Å²) < 4.78 is 0. The molecule has 110 valence electrons. The quantitative estimate of drug-likeness (QED) is 0.823. The third-order valence-electron chi connectivity index (χ3n) is 2.64. The molecule has 0 spiro atoms. The molecule has 1 heterocycles. The number of pyridine rings is 1. The number of aliphatic hydroxyl groups is 1. The molecular weight excluding hydrogens is 319 g/mol. The molecule has 3 nitrogen and oxygen atoms in total. The van der Waals surface area contributed by atoms with Crippen LogP contribution in [0.2, 0.25) is 5.15 Å². The van der Waals surface area contributed by atoms with Crippen LogP contribution in [0.5, 0.6) is 0 Å². The molecule has 0 amide bonds. The molecule has 0 saturated heterocycles. The summed E-state index contributed by atoms with van der Waals surface area (Å²) in [6.07, 6.45) is 1.02. The maximum Gasteiger partial charge on any atom is 0.129 e. The molecule has 0 aliphatic rings. The Morgan fingerprint density at radius 3 is 2.40 bits per heavy atom. The molecule has 20 heavy (non-hydrogen) atoms. The molecule has 0 fully saturated rings. The second-order valence-electron chi connectivity index (χ2n) is 4.05. The molecule has 0 aliphatic carbocycles. The van der Waals surface area contributed by atoms with Crippen molar-refractivity contribution < 1.29 is 5.11 Å². The first-order chi connectivity index (χ1) is 8.75. The van der Waals surface area contributed by atoms with Crippen molar-refractivity contribution in [3.8, 4) is 0 Å². The highest BCUT2D eigenvalue weighted by Crippen LogP contribution is 2.13. The summed E-state index contributed by atoms with van der Waals surface area (Å²) in [6, 6.07) is 13.5. The number of benzene rings is 1. The average molecular weight is 336 g/mol. The van der Waals surface area contributed by atoms with Gasteiger partial charge in [-0.15, -0.1) is 24.8 Å². The van der Waals surface area contributed by atoms with E-state index in [0.29, 0.717) is 11.7 Å². The minimum Gasteiger partial charge on any atom is -0.387 e. The van der Waals surface area contributed by atoms with Crippen molar-refractivity contribution >= 4 is 36.4 Å². The van der Waals surface area contributed by atoms with Crippen LogP contribution in [0.1, 0.15) is 17.2 Å². The topological polar surface area (TPSA) is 45.1 Å². The highest BCUT2D eigenvalue weighted by molar-refractivity contribution is 6.29. The van der Waals surface area contributed by atoms with Gasteiger partial charge in [-0.3, -0.25) is 0 Å². The monoisotopic (exact) mass is 334 g/mol. The molecule has 0 bridgehead atoms. The fourth-order valence-corrected chi connectivity index (χ4v) is 1.76. The maximum atomic E-state index is 9.94. The van der Waals surface area contributed by atoms with Crippen LogP contribution in [0.25, 0.3) is 0 Å². The van der Waals surface area contributed by atoms with Crippen molar-refractivity contribution in [3.63, 3.8) is 0 Å². The predicted octanol–water partition coefficient (Wildman–Crippen LogP) is 3.40. The normalized spacial score (nSPS) is 11.1. The molecule has 0 saturated carbocycles. The summed E-state index contributed by atoms with van der Waals surface area (Å²) in [5.41, 5.74) is 1.96.